The van der Waals surface area contributed by atoms with Crippen molar-refractivity contribution < 1.29 is 69.3 Å². The molecule has 0 saturated heterocycles. The van der Waals surface area contributed by atoms with Crippen LogP contribution in [0.4, 0.5) is 35.1 Å². The Morgan fingerprint density at radius 2 is 1.23 bits per heavy atom. The van der Waals surface area contributed by atoms with Gasteiger partial charge in [-0.2, -0.15) is 26.3 Å². The lowest BCUT2D eigenvalue weighted by Gasteiger charge is -2.08. The van der Waals surface area contributed by atoms with Gasteiger partial charge in [-0.3, -0.25) is 0 Å². The Labute approximate surface area is 129 Å². The summed E-state index contributed by atoms with van der Waals surface area (Å²) in [7, 11) is -6.09. The summed E-state index contributed by atoms with van der Waals surface area (Å²) < 4.78 is 115. The second-order valence-electron chi connectivity index (χ2n) is 3.29. The van der Waals surface area contributed by atoms with E-state index in [1.807, 2.05) is 0 Å². The van der Waals surface area contributed by atoms with E-state index in [-0.39, 0.29) is 3.57 Å². The van der Waals surface area contributed by atoms with E-state index in [2.05, 4.69) is 0 Å². The quantitative estimate of drug-likeness (QED) is 0.203. The van der Waals surface area contributed by atoms with Gasteiger partial charge in [0.15, 0.2) is 13.7 Å². The Hall–Kier alpha value is -0.700. The Kier molecular flexibility index (Phi) is 7.02. The summed E-state index contributed by atoms with van der Waals surface area (Å²) in [5.41, 5.74) is -5.65. The van der Waals surface area contributed by atoms with E-state index in [9.17, 15) is 35.1 Å². The molecule has 0 unspecified atom stereocenters. The van der Waals surface area contributed by atoms with E-state index in [1.165, 1.54) is 24.3 Å². The van der Waals surface area contributed by atoms with Crippen molar-refractivity contribution in [3.63, 3.8) is 0 Å². The van der Waals surface area contributed by atoms with E-state index in [4.69, 9.17) is 13.0 Å². The second kappa shape index (κ2) is 7.25. The van der Waals surface area contributed by atoms with Gasteiger partial charge in [0.05, 0.1) is 0 Å². The Balaban J connectivity index is 0.000000472. The molecule has 1 rings (SSSR count). The molecule has 0 radical (unpaired) electrons. The normalized spacial score (nSPS) is 13.3. The third-order valence-electron chi connectivity index (χ3n) is 1.57. The van der Waals surface area contributed by atoms with Gasteiger partial charge in [-0.25, -0.2) is 8.42 Å². The third-order valence-corrected chi connectivity index (χ3v) is 4.76. The molecular formula is C9H5F8IO3S. The molecule has 128 valence electrons. The lowest BCUT2D eigenvalue weighted by atomic mass is 10.4. The van der Waals surface area contributed by atoms with E-state index < -0.39 is 46.9 Å². The van der Waals surface area contributed by atoms with Crippen LogP contribution in [0.3, 0.4) is 0 Å². The number of alkyl halides is 9. The monoisotopic (exact) mass is 472 g/mol. The van der Waals surface area contributed by atoms with Crippen molar-refractivity contribution >= 4 is 10.1 Å². The van der Waals surface area contributed by atoms with E-state index in [1.54, 1.807) is 6.07 Å². The molecule has 0 saturated carbocycles. The molecule has 0 aliphatic carbocycles. The van der Waals surface area contributed by atoms with Crippen LogP contribution in [-0.4, -0.2) is 28.6 Å². The van der Waals surface area contributed by atoms with Crippen molar-refractivity contribution in [2.75, 3.05) is 0 Å². The Morgan fingerprint density at radius 3 is 1.50 bits per heavy atom. The van der Waals surface area contributed by atoms with E-state index in [0.29, 0.717) is 0 Å². The minimum atomic E-state index is -6.09. The van der Waals surface area contributed by atoms with E-state index >= 15 is 0 Å². The van der Waals surface area contributed by atoms with Crippen molar-refractivity contribution in [2.24, 2.45) is 0 Å². The summed E-state index contributed by atoms with van der Waals surface area (Å²) in [4.78, 5) is 0. The van der Waals surface area contributed by atoms with Crippen molar-refractivity contribution in [2.45, 2.75) is 15.6 Å². The SMILES string of the molecule is FC(F)(F)C(F)(F)[I+]c1ccccc1.O=S(=O)([O-])C(F)(F)F. The largest absolute Gasteiger partial charge is 0.741 e. The number of hydrogen-bond acceptors (Lipinski definition) is 3. The van der Waals surface area contributed by atoms with Crippen molar-refractivity contribution in [3.8, 4) is 0 Å². The molecular weight excluding hydrogens is 467 g/mol. The minimum Gasteiger partial charge on any atom is -0.741 e. The van der Waals surface area contributed by atoms with Gasteiger partial charge < -0.3 is 4.55 Å². The molecule has 13 heteroatoms. The highest BCUT2D eigenvalue weighted by Gasteiger charge is 2.70. The fourth-order valence-electron chi connectivity index (χ4n) is 0.668. The standard InChI is InChI=1S/C8H5F5I.CHF3O3S/c9-7(10,11)8(12,13)14-6-4-2-1-3-5-6;2-1(3,4)8(5,6)7/h1-5H;(H,5,6,7)/q+1;/p-1. The van der Waals surface area contributed by atoms with Gasteiger partial charge >= 0.3 is 36.8 Å². The topological polar surface area (TPSA) is 57.2 Å². The summed E-state index contributed by atoms with van der Waals surface area (Å²) >= 11 is -2.37. The molecule has 0 bridgehead atoms. The van der Waals surface area contributed by atoms with Crippen LogP contribution >= 0.6 is 0 Å². The van der Waals surface area contributed by atoms with Crippen LogP contribution in [0.5, 0.6) is 0 Å². The zero-order valence-corrected chi connectivity index (χ0v) is 12.9. The average Bonchev–Trinajstić information content (AvgIpc) is 2.26. The molecule has 22 heavy (non-hydrogen) atoms. The van der Waals surface area contributed by atoms with Crippen LogP contribution in [0.15, 0.2) is 30.3 Å². The lowest BCUT2D eigenvalue weighted by molar-refractivity contribution is -0.791. The number of benzene rings is 1. The first-order valence-corrected chi connectivity index (χ1v) is 8.32. The van der Waals surface area contributed by atoms with Crippen LogP contribution in [0.2, 0.25) is 0 Å². The van der Waals surface area contributed by atoms with Crippen molar-refractivity contribution in [1.29, 1.82) is 0 Å². The highest BCUT2D eigenvalue weighted by molar-refractivity contribution is 7.86. The first-order valence-electron chi connectivity index (χ1n) is 4.75. The van der Waals surface area contributed by atoms with Crippen molar-refractivity contribution in [1.82, 2.24) is 0 Å². The zero-order chi connectivity index (χ0) is 17.8. The summed E-state index contributed by atoms with van der Waals surface area (Å²) in [5, 5.41) is 0. The van der Waals surface area contributed by atoms with E-state index in [0.717, 1.165) is 0 Å². The molecule has 0 spiro atoms. The molecule has 0 aliphatic rings. The smallest absolute Gasteiger partial charge is 0.543 e. The summed E-state index contributed by atoms with van der Waals surface area (Å²) in [6.45, 7) is 0. The van der Waals surface area contributed by atoms with Gasteiger partial charge in [0, 0.05) is 0 Å². The number of rotatable bonds is 2. The van der Waals surface area contributed by atoms with Gasteiger partial charge in [-0.1, -0.05) is 18.2 Å². The Morgan fingerprint density at radius 1 is 0.864 bits per heavy atom. The molecule has 1 aromatic rings. The second-order valence-corrected chi connectivity index (χ2v) is 7.80. The van der Waals surface area contributed by atoms with Crippen LogP contribution in [0.25, 0.3) is 0 Å². The fourth-order valence-corrected chi connectivity index (χ4v) is 2.53. The van der Waals surface area contributed by atoms with Gasteiger partial charge in [0.1, 0.15) is 0 Å². The van der Waals surface area contributed by atoms with Crippen LogP contribution in [0.1, 0.15) is 0 Å². The first kappa shape index (κ1) is 21.3. The van der Waals surface area contributed by atoms with Gasteiger partial charge in [-0.15, -0.1) is 8.78 Å². The average molecular weight is 472 g/mol. The highest BCUT2D eigenvalue weighted by atomic mass is 127. The number of hydrogen-bond donors (Lipinski definition) is 0. The maximum absolute atomic E-state index is 12.5. The van der Waals surface area contributed by atoms with Gasteiger partial charge in [0.2, 0.25) is 0 Å². The summed E-state index contributed by atoms with van der Waals surface area (Å²) in [5.74, 6) is 0. The minimum absolute atomic E-state index is 0.0774. The predicted octanol–water partition coefficient (Wildman–Crippen LogP) is 0.152. The molecule has 0 amide bonds. The maximum Gasteiger partial charge on any atom is 0.543 e. The molecule has 1 aromatic carbocycles. The van der Waals surface area contributed by atoms with Crippen molar-refractivity contribution in [3.05, 3.63) is 33.9 Å². The van der Waals surface area contributed by atoms with Gasteiger partial charge in [0.25, 0.3) is 0 Å². The molecule has 0 aromatic heterocycles. The third kappa shape index (κ3) is 7.04. The fraction of sp³-hybridized carbons (Fsp3) is 0.333. The zero-order valence-electron chi connectivity index (χ0n) is 9.92. The molecule has 0 N–H and O–H groups in total. The summed E-state index contributed by atoms with van der Waals surface area (Å²) in [6.07, 6.45) is -5.43. The summed E-state index contributed by atoms with van der Waals surface area (Å²) in [6, 6.07) is 7.03. The van der Waals surface area contributed by atoms with Gasteiger partial charge in [-0.05, 0) is 12.1 Å². The number of halogens is 9. The van der Waals surface area contributed by atoms with Crippen LogP contribution in [-0.2, 0) is 10.1 Å². The highest BCUT2D eigenvalue weighted by Crippen LogP contribution is 2.27. The molecule has 3 nitrogen and oxygen atoms in total. The molecule has 0 aliphatic heterocycles. The van der Waals surface area contributed by atoms with Crippen LogP contribution in [0, 0.1) is 3.57 Å². The predicted molar refractivity (Wildman–Crippen MR) is 51.9 cm³/mol. The van der Waals surface area contributed by atoms with Crippen LogP contribution < -0.4 is 21.2 Å². The molecule has 0 heterocycles. The lowest BCUT2D eigenvalue weighted by Crippen LogP contribution is -3.68. The first-order chi connectivity index (χ1) is 9.58. The molecule has 0 atom stereocenters. The maximum atomic E-state index is 12.5. The Bertz CT molecular complexity index is 567. The molecule has 0 fully saturated rings.